The van der Waals surface area contributed by atoms with E-state index in [4.69, 9.17) is 9.47 Å². The van der Waals surface area contributed by atoms with Gasteiger partial charge in [-0.2, -0.15) is 26.3 Å². The molecule has 0 N–H and O–H groups in total. The van der Waals surface area contributed by atoms with Gasteiger partial charge in [0, 0.05) is 42.3 Å². The van der Waals surface area contributed by atoms with Crippen LogP contribution in [0.25, 0.3) is 11.1 Å². The summed E-state index contributed by atoms with van der Waals surface area (Å²) in [5, 5.41) is 0. The summed E-state index contributed by atoms with van der Waals surface area (Å²) in [6, 6.07) is 2.42. The molecule has 1 aliphatic carbocycles. The first kappa shape index (κ1) is 42.9. The van der Waals surface area contributed by atoms with Crippen molar-refractivity contribution < 1.29 is 54.2 Å². The molecule has 2 aromatic carbocycles. The van der Waals surface area contributed by atoms with Crippen molar-refractivity contribution in [2.45, 2.75) is 110 Å². The number of likely N-dealkylation sites (tertiary alicyclic amines) is 1. The van der Waals surface area contributed by atoms with E-state index in [0.29, 0.717) is 42.1 Å². The van der Waals surface area contributed by atoms with Gasteiger partial charge in [0.05, 0.1) is 36.3 Å². The Morgan fingerprint density at radius 1 is 0.929 bits per heavy atom. The Bertz CT molecular complexity index is 2000. The lowest BCUT2D eigenvalue weighted by molar-refractivity contribution is -0.143. The maximum absolute atomic E-state index is 17.0. The summed E-state index contributed by atoms with van der Waals surface area (Å²) >= 11 is 0. The van der Waals surface area contributed by atoms with Gasteiger partial charge in [-0.05, 0) is 106 Å². The number of esters is 1. The van der Waals surface area contributed by atoms with Crippen molar-refractivity contribution in [1.82, 2.24) is 9.47 Å². The molecule has 1 saturated carbocycles. The number of Topliss-reactive ketones (excluding diaryl/α,β-unsaturated/α-hetero) is 1. The molecular formula is C41H46F8N2O5. The van der Waals surface area contributed by atoms with Crippen LogP contribution in [-0.2, 0) is 33.1 Å². The number of ether oxygens (including phenoxy) is 2. The zero-order chi connectivity index (χ0) is 41.3. The van der Waals surface area contributed by atoms with Crippen molar-refractivity contribution in [3.05, 3.63) is 85.8 Å². The van der Waals surface area contributed by atoms with Crippen LogP contribution in [-0.4, -0.2) is 53.6 Å². The summed E-state index contributed by atoms with van der Waals surface area (Å²) in [5.74, 6) is -7.37. The molecule has 1 aromatic heterocycles. The van der Waals surface area contributed by atoms with E-state index >= 15 is 8.78 Å². The number of benzene rings is 2. The maximum atomic E-state index is 17.0. The highest BCUT2D eigenvalue weighted by Crippen LogP contribution is 2.45. The molecule has 0 radical (unpaired) electrons. The van der Waals surface area contributed by atoms with E-state index < -0.39 is 88.4 Å². The fourth-order valence-electron chi connectivity index (χ4n) is 7.24. The van der Waals surface area contributed by atoms with E-state index in [-0.39, 0.29) is 49.1 Å². The van der Waals surface area contributed by atoms with E-state index in [1.165, 1.54) is 26.8 Å². The van der Waals surface area contributed by atoms with Crippen molar-refractivity contribution in [3.8, 4) is 16.9 Å². The van der Waals surface area contributed by atoms with E-state index in [0.717, 1.165) is 30.0 Å². The van der Waals surface area contributed by atoms with Gasteiger partial charge in [-0.1, -0.05) is 19.9 Å². The van der Waals surface area contributed by atoms with Crippen LogP contribution in [0.2, 0.25) is 0 Å². The predicted octanol–water partition coefficient (Wildman–Crippen LogP) is 9.52. The Balaban J connectivity index is 1.66. The van der Waals surface area contributed by atoms with Crippen molar-refractivity contribution in [3.63, 3.8) is 0 Å². The van der Waals surface area contributed by atoms with Crippen molar-refractivity contribution >= 4 is 11.8 Å². The normalized spacial score (nSPS) is 16.1. The average Bonchev–Trinajstić information content (AvgIpc) is 3.89. The lowest BCUT2D eigenvalue weighted by atomic mass is 9.83. The fraction of sp³-hybridized carbons (Fsp3) is 0.537. The summed E-state index contributed by atoms with van der Waals surface area (Å²) in [5.41, 5.74) is -5.56. The second-order valence-electron chi connectivity index (χ2n) is 15.1. The Hall–Kier alpha value is -4.27. The first-order valence-electron chi connectivity index (χ1n) is 18.8. The first-order valence-corrected chi connectivity index (χ1v) is 18.8. The maximum Gasteiger partial charge on any atom is 0.419 e. The zero-order valence-corrected chi connectivity index (χ0v) is 31.9. The van der Waals surface area contributed by atoms with Crippen molar-refractivity contribution in [2.24, 2.45) is 5.92 Å². The molecule has 1 aliphatic heterocycles. The highest BCUT2D eigenvalue weighted by atomic mass is 19.4. The van der Waals surface area contributed by atoms with Gasteiger partial charge in [0.15, 0.2) is 5.78 Å². The topological polar surface area (TPSA) is 77.8 Å². The quantitative estimate of drug-likeness (QED) is 0.106. The molecule has 56 heavy (non-hydrogen) atoms. The summed E-state index contributed by atoms with van der Waals surface area (Å²) < 4.78 is 131. The number of aromatic nitrogens is 1. The molecule has 2 heterocycles. The molecule has 3 aromatic rings. The van der Waals surface area contributed by atoms with Gasteiger partial charge >= 0.3 is 18.3 Å². The van der Waals surface area contributed by atoms with Gasteiger partial charge in [-0.25, -0.2) is 8.78 Å². The predicted molar refractivity (Wildman–Crippen MR) is 192 cm³/mol. The number of hydrogen-bond donors (Lipinski definition) is 0. The highest BCUT2D eigenvalue weighted by molar-refractivity contribution is 5.85. The van der Waals surface area contributed by atoms with Crippen LogP contribution in [0, 0.1) is 31.4 Å². The fourth-order valence-corrected chi connectivity index (χ4v) is 7.24. The van der Waals surface area contributed by atoms with E-state index in [1.807, 2.05) is 4.90 Å². The average molecular weight is 799 g/mol. The number of halogens is 8. The van der Waals surface area contributed by atoms with Gasteiger partial charge in [-0.3, -0.25) is 14.4 Å². The van der Waals surface area contributed by atoms with E-state index in [1.54, 1.807) is 19.9 Å². The minimum Gasteiger partial charge on any atom is -0.490 e. The van der Waals surface area contributed by atoms with Gasteiger partial charge in [0.1, 0.15) is 17.4 Å². The molecule has 15 heteroatoms. The van der Waals surface area contributed by atoms with Crippen LogP contribution in [0.5, 0.6) is 5.75 Å². The zero-order valence-electron chi connectivity index (χ0n) is 31.9. The molecule has 306 valence electrons. The largest absolute Gasteiger partial charge is 0.490 e. The molecule has 0 spiro atoms. The van der Waals surface area contributed by atoms with Crippen LogP contribution >= 0.6 is 0 Å². The highest BCUT2D eigenvalue weighted by Gasteiger charge is 2.41. The minimum absolute atomic E-state index is 0.00774. The Kier molecular flexibility index (Phi) is 13.1. The molecule has 2 fully saturated rings. The Morgan fingerprint density at radius 3 is 2.14 bits per heavy atom. The number of aryl methyl sites for hydroxylation is 1. The number of ketones is 1. The molecule has 7 nitrogen and oxygen atoms in total. The second kappa shape index (κ2) is 17.1. The Labute approximate surface area is 320 Å². The summed E-state index contributed by atoms with van der Waals surface area (Å²) in [6.07, 6.45) is -9.06. The molecule has 0 bridgehead atoms. The summed E-state index contributed by atoms with van der Waals surface area (Å²) in [4.78, 5) is 42.6. The third-order valence-corrected chi connectivity index (χ3v) is 10.3. The number of alkyl halides is 6. The Morgan fingerprint density at radius 2 is 1.59 bits per heavy atom. The standard InChI is InChI=1S/C41H46F8N2O5/c1-6-55-35(54)18-26(17-32(52)31(16-22(2)3)51-21-25(12-15-50-13-7-14-50)29(20-34(51)53)40(44,45)46)37-38(42)28(19-30(39(37)43)41(47,48)49)36-23(4)8-11-33(24(36)5)56-27-9-10-27/h8,11,19-22,26-27,31H,6-7,9-10,12-18H2,1-5H3/t26-,31?/m0/s1. The SMILES string of the molecule is CCOC(=O)C[C@H](CC(=O)C(CC(C)C)n1cc(CCN2CCC2)c(C(F)(F)F)cc1=O)c1c(F)c(-c2c(C)ccc(OC3CC3)c2C)cc(C(F)(F)F)c1F. The molecule has 1 unspecified atom stereocenters. The molecule has 2 atom stereocenters. The summed E-state index contributed by atoms with van der Waals surface area (Å²) in [7, 11) is 0. The molecule has 5 rings (SSSR count). The second-order valence-corrected chi connectivity index (χ2v) is 15.1. The van der Waals surface area contributed by atoms with Crippen LogP contribution < -0.4 is 10.3 Å². The third-order valence-electron chi connectivity index (χ3n) is 10.3. The van der Waals surface area contributed by atoms with Gasteiger partial charge in [-0.15, -0.1) is 0 Å². The van der Waals surface area contributed by atoms with Crippen LogP contribution in [0.15, 0.2) is 35.3 Å². The minimum atomic E-state index is -5.34. The number of pyridine rings is 1. The van der Waals surface area contributed by atoms with E-state index in [9.17, 15) is 40.7 Å². The van der Waals surface area contributed by atoms with Crippen LogP contribution in [0.3, 0.4) is 0 Å². The monoisotopic (exact) mass is 798 g/mol. The number of carbonyl (C=O) groups excluding carboxylic acids is 2. The van der Waals surface area contributed by atoms with Crippen LogP contribution in [0.1, 0.15) is 105 Å². The van der Waals surface area contributed by atoms with Crippen molar-refractivity contribution in [1.29, 1.82) is 0 Å². The summed E-state index contributed by atoms with van der Waals surface area (Å²) in [6.45, 7) is 9.33. The lowest BCUT2D eigenvalue weighted by Crippen LogP contribution is -2.39. The van der Waals surface area contributed by atoms with E-state index in [2.05, 4.69) is 0 Å². The number of rotatable bonds is 16. The number of nitrogens with zero attached hydrogens (tertiary/aromatic N) is 2. The molecule has 1 saturated heterocycles. The van der Waals surface area contributed by atoms with Crippen molar-refractivity contribution in [2.75, 3.05) is 26.2 Å². The first-order chi connectivity index (χ1) is 26.2. The van der Waals surface area contributed by atoms with Gasteiger partial charge in [0.2, 0.25) is 0 Å². The molecule has 2 aliphatic rings. The lowest BCUT2D eigenvalue weighted by Gasteiger charge is -2.31. The number of hydrogen-bond acceptors (Lipinski definition) is 6. The van der Waals surface area contributed by atoms with Gasteiger partial charge < -0.3 is 18.9 Å². The van der Waals surface area contributed by atoms with Crippen LogP contribution in [0.4, 0.5) is 35.1 Å². The number of carbonyl (C=O) groups is 2. The smallest absolute Gasteiger partial charge is 0.419 e. The van der Waals surface area contributed by atoms with Gasteiger partial charge in [0.25, 0.3) is 5.56 Å². The third kappa shape index (κ3) is 9.81. The molecular weight excluding hydrogens is 752 g/mol. The molecule has 0 amide bonds.